The Hall–Kier alpha value is -2.59. The highest BCUT2D eigenvalue weighted by Crippen LogP contribution is 2.36. The molecule has 1 aliphatic rings. The second-order valence-corrected chi connectivity index (χ2v) is 7.07. The fraction of sp³-hybridized carbons (Fsp3) is 0.0952. The zero-order valence-electron chi connectivity index (χ0n) is 13.7. The highest BCUT2D eigenvalue weighted by atomic mass is 79.9. The van der Waals surface area contributed by atoms with Gasteiger partial charge in [-0.15, -0.1) is 0 Å². The number of benzene rings is 3. The van der Waals surface area contributed by atoms with Crippen molar-refractivity contribution in [2.45, 2.75) is 13.1 Å². The van der Waals surface area contributed by atoms with E-state index in [0.717, 1.165) is 21.4 Å². The first-order chi connectivity index (χ1) is 12.1. The highest BCUT2D eigenvalue weighted by Gasteiger charge is 2.33. The van der Waals surface area contributed by atoms with Crippen molar-refractivity contribution in [1.29, 1.82) is 0 Å². The van der Waals surface area contributed by atoms with Crippen molar-refractivity contribution in [1.82, 2.24) is 0 Å². The van der Waals surface area contributed by atoms with Gasteiger partial charge < -0.3 is 5.32 Å². The zero-order valence-corrected chi connectivity index (χ0v) is 15.3. The fourth-order valence-electron chi connectivity index (χ4n) is 3.10. The Labute approximate surface area is 155 Å². The lowest BCUT2D eigenvalue weighted by molar-refractivity contribution is 0.0975. The van der Waals surface area contributed by atoms with Crippen LogP contribution in [0.25, 0.3) is 0 Å². The van der Waals surface area contributed by atoms with E-state index in [4.69, 9.17) is 0 Å². The van der Waals surface area contributed by atoms with Crippen LogP contribution in [0, 0.1) is 6.92 Å². The van der Waals surface area contributed by atoms with Crippen molar-refractivity contribution < 1.29 is 4.79 Å². The van der Waals surface area contributed by atoms with Gasteiger partial charge in [0.1, 0.15) is 6.17 Å². The van der Waals surface area contributed by atoms with Gasteiger partial charge in [-0.1, -0.05) is 57.9 Å². The molecule has 4 rings (SSSR count). The predicted molar refractivity (Wildman–Crippen MR) is 105 cm³/mol. The second-order valence-electron chi connectivity index (χ2n) is 6.15. The minimum Gasteiger partial charge on any atom is -0.360 e. The molecule has 3 nitrogen and oxygen atoms in total. The molecule has 0 fully saturated rings. The van der Waals surface area contributed by atoms with Crippen LogP contribution in [0.1, 0.15) is 27.7 Å². The van der Waals surface area contributed by atoms with E-state index in [1.54, 1.807) is 0 Å². The molecular weight excluding hydrogens is 376 g/mol. The molecule has 4 heteroatoms. The molecule has 0 aromatic heterocycles. The largest absolute Gasteiger partial charge is 0.360 e. The molecule has 0 radical (unpaired) electrons. The summed E-state index contributed by atoms with van der Waals surface area (Å²) >= 11 is 3.46. The van der Waals surface area contributed by atoms with Crippen LogP contribution in [0.2, 0.25) is 0 Å². The summed E-state index contributed by atoms with van der Waals surface area (Å²) in [7, 11) is 0. The number of hydrogen-bond acceptors (Lipinski definition) is 2. The number of hydrogen-bond donors (Lipinski definition) is 1. The Balaban J connectivity index is 1.85. The van der Waals surface area contributed by atoms with Gasteiger partial charge in [0.25, 0.3) is 5.91 Å². The molecule has 0 spiro atoms. The van der Waals surface area contributed by atoms with Gasteiger partial charge in [-0.05, 0) is 48.9 Å². The van der Waals surface area contributed by atoms with Gasteiger partial charge in [-0.2, -0.15) is 0 Å². The number of aryl methyl sites for hydroxylation is 1. The number of nitrogens with one attached hydrogen (secondary N) is 1. The molecule has 3 aromatic rings. The SMILES string of the molecule is Cc1ccc([C@@H]2Nc3ccccc3C(=O)N2c2ccc(Br)cc2)cc1. The maximum absolute atomic E-state index is 13.2. The maximum atomic E-state index is 13.2. The molecule has 0 bridgehead atoms. The fourth-order valence-corrected chi connectivity index (χ4v) is 3.37. The molecule has 0 saturated carbocycles. The number of fused-ring (bicyclic) bond motifs is 1. The maximum Gasteiger partial charge on any atom is 0.262 e. The van der Waals surface area contributed by atoms with Gasteiger partial charge in [-0.25, -0.2) is 0 Å². The molecular formula is C21H17BrN2O. The highest BCUT2D eigenvalue weighted by molar-refractivity contribution is 9.10. The summed E-state index contributed by atoms with van der Waals surface area (Å²) in [5.41, 5.74) is 4.67. The topological polar surface area (TPSA) is 32.3 Å². The van der Waals surface area contributed by atoms with E-state index in [9.17, 15) is 4.79 Å². The molecule has 0 unspecified atom stereocenters. The summed E-state index contributed by atoms with van der Waals surface area (Å²) in [5, 5.41) is 3.52. The van der Waals surface area contributed by atoms with Crippen molar-refractivity contribution in [3.05, 3.63) is 94.0 Å². The van der Waals surface area contributed by atoms with Gasteiger partial charge in [0.05, 0.1) is 5.56 Å². The summed E-state index contributed by atoms with van der Waals surface area (Å²) < 4.78 is 0.987. The Morgan fingerprint density at radius 1 is 0.920 bits per heavy atom. The Kier molecular flexibility index (Phi) is 4.06. The van der Waals surface area contributed by atoms with Crippen LogP contribution in [-0.4, -0.2) is 5.91 Å². The molecule has 1 atom stereocenters. The lowest BCUT2D eigenvalue weighted by atomic mass is 10.0. The average molecular weight is 393 g/mol. The first-order valence-electron chi connectivity index (χ1n) is 8.15. The van der Waals surface area contributed by atoms with Crippen LogP contribution in [0.5, 0.6) is 0 Å². The lowest BCUT2D eigenvalue weighted by Crippen LogP contribution is -2.43. The van der Waals surface area contributed by atoms with E-state index in [1.165, 1.54) is 5.56 Å². The number of para-hydroxylation sites is 1. The van der Waals surface area contributed by atoms with Crippen LogP contribution in [0.4, 0.5) is 11.4 Å². The Morgan fingerprint density at radius 3 is 2.32 bits per heavy atom. The number of nitrogens with zero attached hydrogens (tertiary/aromatic N) is 1. The minimum absolute atomic E-state index is 0.00208. The van der Waals surface area contributed by atoms with Crippen molar-refractivity contribution in [3.8, 4) is 0 Å². The van der Waals surface area contributed by atoms with Crippen molar-refractivity contribution in [3.63, 3.8) is 0 Å². The quantitative estimate of drug-likeness (QED) is 0.621. The van der Waals surface area contributed by atoms with Crippen molar-refractivity contribution in [2.75, 3.05) is 10.2 Å². The standard InChI is InChI=1S/C21H17BrN2O/c1-14-6-8-15(9-7-14)20-23-19-5-3-2-4-18(19)21(25)24(20)17-12-10-16(22)11-13-17/h2-13,20,23H,1H3/t20-/m1/s1. The van der Waals surface area contributed by atoms with Gasteiger partial charge in [0.15, 0.2) is 0 Å². The smallest absolute Gasteiger partial charge is 0.262 e. The lowest BCUT2D eigenvalue weighted by Gasteiger charge is -2.38. The van der Waals surface area contributed by atoms with E-state index in [1.807, 2.05) is 53.4 Å². The number of rotatable bonds is 2. The summed E-state index contributed by atoms with van der Waals surface area (Å²) in [5.74, 6) is 0.00208. The first kappa shape index (κ1) is 15.9. The number of carbonyl (C=O) groups is 1. The molecule has 3 aromatic carbocycles. The zero-order chi connectivity index (χ0) is 17.4. The van der Waals surface area contributed by atoms with E-state index in [0.29, 0.717) is 5.56 Å². The van der Waals surface area contributed by atoms with Crippen LogP contribution < -0.4 is 10.2 Å². The molecule has 1 N–H and O–H groups in total. The number of carbonyl (C=O) groups excluding carboxylic acids is 1. The van der Waals surface area contributed by atoms with Crippen molar-refractivity contribution in [2.24, 2.45) is 0 Å². The summed E-state index contributed by atoms with van der Waals surface area (Å²) in [6.07, 6.45) is -0.246. The van der Waals surface area contributed by atoms with E-state index < -0.39 is 0 Å². The van der Waals surface area contributed by atoms with Crippen LogP contribution >= 0.6 is 15.9 Å². The van der Waals surface area contributed by atoms with E-state index in [2.05, 4.69) is 52.4 Å². The third kappa shape index (κ3) is 2.94. The summed E-state index contributed by atoms with van der Waals surface area (Å²) in [6.45, 7) is 2.06. The molecule has 1 heterocycles. The predicted octanol–water partition coefficient (Wildman–Crippen LogP) is 5.53. The van der Waals surface area contributed by atoms with Gasteiger partial charge in [0.2, 0.25) is 0 Å². The summed E-state index contributed by atoms with van der Waals surface area (Å²) in [6, 6.07) is 23.8. The molecule has 1 amide bonds. The van der Waals surface area contributed by atoms with E-state index >= 15 is 0 Å². The Bertz CT molecular complexity index is 919. The van der Waals surface area contributed by atoms with Crippen molar-refractivity contribution >= 4 is 33.2 Å². The first-order valence-corrected chi connectivity index (χ1v) is 8.94. The van der Waals surface area contributed by atoms with E-state index in [-0.39, 0.29) is 12.1 Å². The third-order valence-corrected chi connectivity index (χ3v) is 4.95. The molecule has 1 aliphatic heterocycles. The average Bonchev–Trinajstić information content (AvgIpc) is 2.63. The molecule has 25 heavy (non-hydrogen) atoms. The third-order valence-electron chi connectivity index (χ3n) is 4.42. The monoisotopic (exact) mass is 392 g/mol. The van der Waals surface area contributed by atoms with Gasteiger partial charge >= 0.3 is 0 Å². The van der Waals surface area contributed by atoms with Gasteiger partial charge in [0, 0.05) is 15.8 Å². The number of anilines is 2. The van der Waals surface area contributed by atoms with Crippen LogP contribution in [-0.2, 0) is 0 Å². The minimum atomic E-state index is -0.246. The molecule has 124 valence electrons. The molecule has 0 saturated heterocycles. The number of halogens is 1. The molecule has 0 aliphatic carbocycles. The van der Waals surface area contributed by atoms with Crippen LogP contribution in [0.3, 0.4) is 0 Å². The van der Waals surface area contributed by atoms with Gasteiger partial charge in [-0.3, -0.25) is 9.69 Å². The summed E-state index contributed by atoms with van der Waals surface area (Å²) in [4.78, 5) is 15.0. The number of amides is 1. The normalized spacial score (nSPS) is 16.3. The van der Waals surface area contributed by atoms with Crippen LogP contribution in [0.15, 0.2) is 77.3 Å². The Morgan fingerprint density at radius 2 is 1.60 bits per heavy atom. The second kappa shape index (κ2) is 6.37.